The maximum absolute atomic E-state index is 13.0. The molecule has 0 aromatic heterocycles. The lowest BCUT2D eigenvalue weighted by Gasteiger charge is -2.28. The zero-order valence-corrected chi connectivity index (χ0v) is 26.2. The van der Waals surface area contributed by atoms with E-state index in [0.29, 0.717) is 36.5 Å². The van der Waals surface area contributed by atoms with Crippen molar-refractivity contribution in [2.75, 3.05) is 13.7 Å². The summed E-state index contributed by atoms with van der Waals surface area (Å²) in [7, 11) is -2.41. The average Bonchev–Trinajstić information content (AvgIpc) is 3.00. The van der Waals surface area contributed by atoms with E-state index >= 15 is 0 Å². The Balaban J connectivity index is 1.46. The minimum Gasteiger partial charge on any atom is -0.496 e. The lowest BCUT2D eigenvalue weighted by atomic mass is 9.91. The predicted octanol–water partition coefficient (Wildman–Crippen LogP) is 6.01. The molecule has 0 saturated carbocycles. The van der Waals surface area contributed by atoms with Gasteiger partial charge in [0.1, 0.15) is 17.2 Å². The minimum absolute atomic E-state index is 0.0331. The molecule has 0 aliphatic carbocycles. The van der Waals surface area contributed by atoms with E-state index in [1.165, 1.54) is 19.1 Å². The van der Waals surface area contributed by atoms with E-state index in [9.17, 15) is 18.0 Å². The lowest BCUT2D eigenvalue weighted by molar-refractivity contribution is -0.126. The molecule has 1 aliphatic rings. The van der Waals surface area contributed by atoms with Gasteiger partial charge in [0.25, 0.3) is 15.9 Å². The quantitative estimate of drug-likeness (QED) is 0.177. The number of benzene rings is 3. The Labute approximate surface area is 254 Å². The number of aryl methyl sites for hydroxylation is 2. The van der Waals surface area contributed by atoms with Crippen LogP contribution in [0.15, 0.2) is 59.5 Å². The van der Waals surface area contributed by atoms with E-state index in [0.717, 1.165) is 66.5 Å². The first kappa shape index (κ1) is 32.1. The first-order chi connectivity index (χ1) is 20.7. The Hall–Kier alpha value is -3.85. The summed E-state index contributed by atoms with van der Waals surface area (Å²) in [6, 6.07) is 15.6. The molecule has 1 atom stereocenters. The maximum atomic E-state index is 13.0. The summed E-state index contributed by atoms with van der Waals surface area (Å²) in [5.74, 6) is 1.30. The van der Waals surface area contributed by atoms with Crippen molar-refractivity contribution in [1.82, 2.24) is 4.72 Å². The molecule has 43 heavy (non-hydrogen) atoms. The number of ketones is 1. The summed E-state index contributed by atoms with van der Waals surface area (Å²) in [5.41, 5.74) is 4.68. The van der Waals surface area contributed by atoms with Crippen LogP contribution in [-0.2, 0) is 40.5 Å². The van der Waals surface area contributed by atoms with Gasteiger partial charge < -0.3 is 14.2 Å². The highest BCUT2D eigenvalue weighted by Crippen LogP contribution is 2.36. The number of Topliss-reactive ketones (excluding diaryl/α,β-unsaturated/α-hetero) is 1. The molecule has 0 bridgehead atoms. The molecular weight excluding hydrogens is 566 g/mol. The zero-order valence-electron chi connectivity index (χ0n) is 25.4. The van der Waals surface area contributed by atoms with Gasteiger partial charge in [0.15, 0.2) is 11.9 Å². The number of fused-ring (bicyclic) bond motifs is 1. The number of sulfonamides is 1. The molecule has 8 nitrogen and oxygen atoms in total. The molecule has 0 spiro atoms. The molecule has 1 aliphatic heterocycles. The topological polar surface area (TPSA) is 108 Å². The standard InChI is InChI=1S/C34H41NO7S/c1-5-11-28-24(13-10-22-41-30-21-19-27(23(3)36)33(40-4)29(30)12-6-2)16-17-25-18-20-31(42-32(25)28)34(37)35-43(38,39)26-14-8-7-9-15-26/h7-9,14-17,19,21,31H,5-6,10-13,18,20,22H2,1-4H3,(H,35,37). The van der Waals surface area contributed by atoms with Gasteiger partial charge in [0.2, 0.25) is 0 Å². The second kappa shape index (κ2) is 14.6. The molecule has 4 rings (SSSR count). The van der Waals surface area contributed by atoms with Gasteiger partial charge in [-0.25, -0.2) is 13.1 Å². The van der Waals surface area contributed by atoms with Gasteiger partial charge in [-0.1, -0.05) is 57.0 Å². The van der Waals surface area contributed by atoms with Crippen LogP contribution in [0.25, 0.3) is 0 Å². The van der Waals surface area contributed by atoms with E-state index in [4.69, 9.17) is 14.2 Å². The Kier molecular flexibility index (Phi) is 10.9. The molecule has 3 aromatic carbocycles. The fourth-order valence-corrected chi connectivity index (χ4v) is 6.56. The molecule has 1 amide bonds. The van der Waals surface area contributed by atoms with Crippen molar-refractivity contribution in [3.8, 4) is 17.2 Å². The Bertz CT molecular complexity index is 1550. The molecule has 1 N–H and O–H groups in total. The van der Waals surface area contributed by atoms with Crippen molar-refractivity contribution in [3.05, 3.63) is 82.4 Å². The third-order valence-electron chi connectivity index (χ3n) is 7.60. The number of amides is 1. The second-order valence-electron chi connectivity index (χ2n) is 10.8. The van der Waals surface area contributed by atoms with Crippen LogP contribution < -0.4 is 18.9 Å². The number of carbonyl (C=O) groups is 2. The van der Waals surface area contributed by atoms with Crippen molar-refractivity contribution < 1.29 is 32.2 Å². The predicted molar refractivity (Wildman–Crippen MR) is 166 cm³/mol. The number of hydrogen-bond donors (Lipinski definition) is 1. The Morgan fingerprint density at radius 3 is 2.35 bits per heavy atom. The Morgan fingerprint density at radius 2 is 1.67 bits per heavy atom. The monoisotopic (exact) mass is 607 g/mol. The summed E-state index contributed by atoms with van der Waals surface area (Å²) in [4.78, 5) is 25.1. The molecule has 3 aromatic rings. The normalized spacial score (nSPS) is 14.4. The van der Waals surface area contributed by atoms with E-state index in [1.807, 2.05) is 12.1 Å². The van der Waals surface area contributed by atoms with Gasteiger partial charge in [-0.05, 0) is 86.4 Å². The summed E-state index contributed by atoms with van der Waals surface area (Å²) < 4.78 is 45.7. The zero-order chi connectivity index (χ0) is 31.0. The first-order valence-electron chi connectivity index (χ1n) is 15.0. The van der Waals surface area contributed by atoms with Crippen molar-refractivity contribution in [3.63, 3.8) is 0 Å². The van der Waals surface area contributed by atoms with Gasteiger partial charge in [0, 0.05) is 5.56 Å². The van der Waals surface area contributed by atoms with Crippen LogP contribution in [0, 0.1) is 0 Å². The molecule has 1 unspecified atom stereocenters. The summed E-state index contributed by atoms with van der Waals surface area (Å²) in [5, 5.41) is 0. The van der Waals surface area contributed by atoms with Gasteiger partial charge in [-0.2, -0.15) is 0 Å². The minimum atomic E-state index is -3.99. The van der Waals surface area contributed by atoms with Crippen molar-refractivity contribution in [2.45, 2.75) is 83.1 Å². The molecule has 230 valence electrons. The second-order valence-corrected chi connectivity index (χ2v) is 12.4. The number of hydrogen-bond acceptors (Lipinski definition) is 7. The van der Waals surface area contributed by atoms with E-state index in [2.05, 4.69) is 24.6 Å². The number of carbonyl (C=O) groups excluding carboxylic acids is 2. The lowest BCUT2D eigenvalue weighted by Crippen LogP contribution is -2.43. The molecule has 1 heterocycles. The molecule has 0 saturated heterocycles. The van der Waals surface area contributed by atoms with Gasteiger partial charge >= 0.3 is 0 Å². The van der Waals surface area contributed by atoms with E-state index in [-0.39, 0.29) is 10.7 Å². The molecule has 9 heteroatoms. The largest absolute Gasteiger partial charge is 0.496 e. The number of ether oxygens (including phenoxy) is 3. The van der Waals surface area contributed by atoms with Gasteiger partial charge in [-0.3, -0.25) is 9.59 Å². The van der Waals surface area contributed by atoms with Gasteiger partial charge in [-0.15, -0.1) is 0 Å². The molecule has 0 fully saturated rings. The van der Waals surface area contributed by atoms with Gasteiger partial charge in [0.05, 0.1) is 24.2 Å². The SMILES string of the molecule is CCCc1c(CCCOc2ccc(C(C)=O)c(OC)c2CCC)ccc2c1OC(C(=O)NS(=O)(=O)c1ccccc1)CC2. The van der Waals surface area contributed by atoms with Crippen LogP contribution in [0.5, 0.6) is 17.2 Å². The van der Waals surface area contributed by atoms with Crippen LogP contribution in [0.3, 0.4) is 0 Å². The maximum Gasteiger partial charge on any atom is 0.274 e. The summed E-state index contributed by atoms with van der Waals surface area (Å²) in [6.07, 6.45) is 4.92. The van der Waals surface area contributed by atoms with E-state index in [1.54, 1.807) is 31.4 Å². The highest BCUT2D eigenvalue weighted by Gasteiger charge is 2.31. The molecular formula is C34H41NO7S. The third kappa shape index (κ3) is 7.57. The van der Waals surface area contributed by atoms with Crippen molar-refractivity contribution in [2.24, 2.45) is 0 Å². The smallest absolute Gasteiger partial charge is 0.274 e. The first-order valence-corrected chi connectivity index (χ1v) is 16.4. The number of methoxy groups -OCH3 is 1. The molecule has 0 radical (unpaired) electrons. The summed E-state index contributed by atoms with van der Waals surface area (Å²) >= 11 is 0. The van der Waals surface area contributed by atoms with Crippen LogP contribution in [-0.4, -0.2) is 39.9 Å². The van der Waals surface area contributed by atoms with Crippen molar-refractivity contribution >= 4 is 21.7 Å². The van der Waals surface area contributed by atoms with Crippen LogP contribution in [0.4, 0.5) is 0 Å². The summed E-state index contributed by atoms with van der Waals surface area (Å²) in [6.45, 7) is 6.18. The fourth-order valence-electron chi connectivity index (χ4n) is 5.54. The third-order valence-corrected chi connectivity index (χ3v) is 8.97. The highest BCUT2D eigenvalue weighted by molar-refractivity contribution is 7.90. The number of rotatable bonds is 14. The average molecular weight is 608 g/mol. The Morgan fingerprint density at radius 1 is 0.953 bits per heavy atom. The van der Waals surface area contributed by atoms with Crippen LogP contribution >= 0.6 is 0 Å². The van der Waals surface area contributed by atoms with Crippen molar-refractivity contribution in [1.29, 1.82) is 0 Å². The number of nitrogens with one attached hydrogen (secondary N) is 1. The van der Waals surface area contributed by atoms with Crippen LogP contribution in [0.1, 0.15) is 79.1 Å². The van der Waals surface area contributed by atoms with E-state index < -0.39 is 22.0 Å². The fraction of sp³-hybridized carbons (Fsp3) is 0.412. The van der Waals surface area contributed by atoms with Crippen LogP contribution in [0.2, 0.25) is 0 Å². The highest BCUT2D eigenvalue weighted by atomic mass is 32.2.